The second-order valence-electron chi connectivity index (χ2n) is 5.42. The van der Waals surface area contributed by atoms with Crippen LogP contribution >= 0.6 is 11.3 Å². The molecule has 4 aromatic rings. The first kappa shape index (κ1) is 14.7. The van der Waals surface area contributed by atoms with Crippen LogP contribution in [-0.4, -0.2) is 25.4 Å². The first-order valence-electron chi connectivity index (χ1n) is 7.37. The van der Waals surface area contributed by atoms with Crippen LogP contribution < -0.4 is 5.76 Å². The number of carbonyl (C=O) groups is 1. The van der Waals surface area contributed by atoms with Crippen molar-refractivity contribution in [2.45, 2.75) is 20.3 Å². The highest BCUT2D eigenvalue weighted by Gasteiger charge is 2.23. The molecule has 3 heterocycles. The number of carboxylic acid groups (broad SMARTS) is 1. The number of benzene rings is 1. The Balaban J connectivity index is 2.09. The van der Waals surface area contributed by atoms with E-state index in [0.717, 1.165) is 22.6 Å². The molecule has 8 heteroatoms. The standard InChI is InChI=1S/C16H13N3O4S/c1-3-11-13(8-4-5-9-10(6-8)23-16(22)18-9)19-12(14(20)21)7(2)17-15(19)24-11/h4-6H,3H2,1-2H3,(H,18,22)(H,20,21). The first-order chi connectivity index (χ1) is 11.5. The summed E-state index contributed by atoms with van der Waals surface area (Å²) >= 11 is 1.47. The van der Waals surface area contributed by atoms with Gasteiger partial charge in [-0.2, -0.15) is 0 Å². The van der Waals surface area contributed by atoms with Gasteiger partial charge in [-0.25, -0.2) is 14.6 Å². The minimum absolute atomic E-state index is 0.159. The molecule has 0 aliphatic heterocycles. The van der Waals surface area contributed by atoms with Crippen molar-refractivity contribution >= 4 is 33.4 Å². The molecular weight excluding hydrogens is 330 g/mol. The van der Waals surface area contributed by atoms with E-state index >= 15 is 0 Å². The zero-order valence-corrected chi connectivity index (χ0v) is 13.7. The molecule has 0 saturated carbocycles. The average molecular weight is 343 g/mol. The van der Waals surface area contributed by atoms with E-state index in [2.05, 4.69) is 9.97 Å². The minimum atomic E-state index is -1.02. The van der Waals surface area contributed by atoms with Gasteiger partial charge in [-0.3, -0.25) is 9.38 Å². The fraction of sp³-hybridized carbons (Fsp3) is 0.188. The summed E-state index contributed by atoms with van der Waals surface area (Å²) in [5, 5.41) is 9.56. The number of nitrogens with zero attached hydrogens (tertiary/aromatic N) is 2. The van der Waals surface area contributed by atoms with Crippen molar-refractivity contribution in [2.75, 3.05) is 0 Å². The van der Waals surface area contributed by atoms with Gasteiger partial charge in [-0.15, -0.1) is 11.3 Å². The fourth-order valence-corrected chi connectivity index (χ4v) is 4.06. The predicted molar refractivity (Wildman–Crippen MR) is 90.0 cm³/mol. The van der Waals surface area contributed by atoms with Crippen molar-refractivity contribution < 1.29 is 14.3 Å². The number of nitrogens with one attached hydrogen (secondary N) is 1. The van der Waals surface area contributed by atoms with Crippen LogP contribution in [0.15, 0.2) is 27.4 Å². The topological polar surface area (TPSA) is 101 Å². The third kappa shape index (κ3) is 2.00. The van der Waals surface area contributed by atoms with Crippen LogP contribution in [0.1, 0.15) is 28.0 Å². The van der Waals surface area contributed by atoms with Gasteiger partial charge < -0.3 is 9.52 Å². The SMILES string of the molecule is CCc1sc2nc(C)c(C(=O)O)n2c1-c1ccc2[nH]c(=O)oc2c1. The molecule has 122 valence electrons. The Hall–Kier alpha value is -2.87. The number of hydrogen-bond donors (Lipinski definition) is 2. The molecule has 0 aliphatic rings. The van der Waals surface area contributed by atoms with E-state index in [0.29, 0.717) is 21.8 Å². The van der Waals surface area contributed by atoms with Crippen molar-refractivity contribution in [2.24, 2.45) is 0 Å². The summed E-state index contributed by atoms with van der Waals surface area (Å²) in [6, 6.07) is 5.34. The normalized spacial score (nSPS) is 11.6. The molecule has 0 atom stereocenters. The van der Waals surface area contributed by atoms with E-state index in [1.807, 2.05) is 13.0 Å². The van der Waals surface area contributed by atoms with Crippen molar-refractivity contribution in [1.82, 2.24) is 14.4 Å². The molecule has 2 N–H and O–H groups in total. The molecule has 0 bridgehead atoms. The smallest absolute Gasteiger partial charge is 0.417 e. The molecule has 0 radical (unpaired) electrons. The van der Waals surface area contributed by atoms with Crippen LogP contribution in [-0.2, 0) is 6.42 Å². The largest absolute Gasteiger partial charge is 0.477 e. The van der Waals surface area contributed by atoms with Crippen LogP contribution in [0.2, 0.25) is 0 Å². The first-order valence-corrected chi connectivity index (χ1v) is 8.18. The molecule has 7 nitrogen and oxygen atoms in total. The lowest BCUT2D eigenvalue weighted by molar-refractivity contribution is 0.0688. The number of rotatable bonds is 3. The number of H-pyrrole nitrogens is 1. The quantitative estimate of drug-likeness (QED) is 0.595. The summed E-state index contributed by atoms with van der Waals surface area (Å²) < 4.78 is 6.80. The molecule has 0 aliphatic carbocycles. The van der Waals surface area contributed by atoms with Gasteiger partial charge in [0.05, 0.1) is 16.9 Å². The number of carboxylic acids is 1. The molecule has 1 aromatic carbocycles. The number of aromatic carboxylic acids is 1. The summed E-state index contributed by atoms with van der Waals surface area (Å²) in [6.45, 7) is 3.70. The number of aromatic nitrogens is 3. The lowest BCUT2D eigenvalue weighted by Gasteiger charge is -2.05. The number of hydrogen-bond acceptors (Lipinski definition) is 5. The molecule has 24 heavy (non-hydrogen) atoms. The third-order valence-electron chi connectivity index (χ3n) is 3.94. The van der Waals surface area contributed by atoms with Crippen molar-refractivity contribution in [3.63, 3.8) is 0 Å². The van der Waals surface area contributed by atoms with Crippen LogP contribution in [0.3, 0.4) is 0 Å². The molecule has 0 spiro atoms. The Morgan fingerprint density at radius 1 is 1.46 bits per heavy atom. The van der Waals surface area contributed by atoms with E-state index in [1.165, 1.54) is 11.3 Å². The summed E-state index contributed by atoms with van der Waals surface area (Å²) in [6.07, 6.45) is 0.747. The molecule has 0 fully saturated rings. The van der Waals surface area contributed by atoms with Crippen LogP contribution in [0.4, 0.5) is 0 Å². The van der Waals surface area contributed by atoms with Crippen LogP contribution in [0.25, 0.3) is 27.3 Å². The van der Waals surface area contributed by atoms with Gasteiger partial charge in [0.15, 0.2) is 16.2 Å². The Kier molecular flexibility index (Phi) is 3.10. The second kappa shape index (κ2) is 5.07. The zero-order chi connectivity index (χ0) is 17.0. The highest BCUT2D eigenvalue weighted by Crippen LogP contribution is 2.35. The number of imidazole rings is 1. The summed E-state index contributed by atoms with van der Waals surface area (Å²) in [5.41, 5.74) is 3.24. The number of aromatic amines is 1. The highest BCUT2D eigenvalue weighted by atomic mass is 32.1. The number of thiazole rings is 1. The van der Waals surface area contributed by atoms with E-state index < -0.39 is 11.7 Å². The maximum atomic E-state index is 11.7. The van der Waals surface area contributed by atoms with Gasteiger partial charge in [-0.1, -0.05) is 13.0 Å². The maximum Gasteiger partial charge on any atom is 0.417 e. The number of aryl methyl sites for hydroxylation is 2. The monoisotopic (exact) mass is 343 g/mol. The van der Waals surface area contributed by atoms with E-state index in [9.17, 15) is 14.7 Å². The lowest BCUT2D eigenvalue weighted by atomic mass is 10.1. The molecule has 0 amide bonds. The van der Waals surface area contributed by atoms with Gasteiger partial charge in [0, 0.05) is 10.4 Å². The maximum absolute atomic E-state index is 11.7. The van der Waals surface area contributed by atoms with Crippen LogP contribution in [0, 0.1) is 6.92 Å². The fourth-order valence-electron chi connectivity index (χ4n) is 2.94. The Morgan fingerprint density at radius 2 is 2.25 bits per heavy atom. The number of fused-ring (bicyclic) bond motifs is 2. The molecule has 3 aromatic heterocycles. The third-order valence-corrected chi connectivity index (χ3v) is 5.13. The Bertz CT molecular complexity index is 1160. The summed E-state index contributed by atoms with van der Waals surface area (Å²) in [4.78, 5) is 31.7. The molecule has 0 saturated heterocycles. The van der Waals surface area contributed by atoms with Gasteiger partial charge >= 0.3 is 11.7 Å². The number of oxazole rings is 1. The Labute approximate surface area is 139 Å². The van der Waals surface area contributed by atoms with E-state index in [-0.39, 0.29) is 5.69 Å². The minimum Gasteiger partial charge on any atom is -0.477 e. The zero-order valence-electron chi connectivity index (χ0n) is 12.9. The second-order valence-corrected chi connectivity index (χ2v) is 6.48. The van der Waals surface area contributed by atoms with E-state index in [1.54, 1.807) is 23.5 Å². The van der Waals surface area contributed by atoms with Crippen LogP contribution in [0.5, 0.6) is 0 Å². The van der Waals surface area contributed by atoms with Gasteiger partial charge in [-0.05, 0) is 25.5 Å². The van der Waals surface area contributed by atoms with Crippen molar-refractivity contribution in [3.05, 3.63) is 45.0 Å². The molecule has 4 rings (SSSR count). The van der Waals surface area contributed by atoms with Gasteiger partial charge in [0.1, 0.15) is 0 Å². The molecule has 0 unspecified atom stereocenters. The van der Waals surface area contributed by atoms with Gasteiger partial charge in [0.2, 0.25) is 0 Å². The highest BCUT2D eigenvalue weighted by molar-refractivity contribution is 7.17. The van der Waals surface area contributed by atoms with Crippen molar-refractivity contribution in [3.8, 4) is 11.3 Å². The van der Waals surface area contributed by atoms with Gasteiger partial charge in [0.25, 0.3) is 0 Å². The summed E-state index contributed by atoms with van der Waals surface area (Å²) in [5.74, 6) is -1.53. The van der Waals surface area contributed by atoms with E-state index in [4.69, 9.17) is 4.42 Å². The Morgan fingerprint density at radius 3 is 2.96 bits per heavy atom. The molecular formula is C16H13N3O4S. The predicted octanol–water partition coefficient (Wildman–Crippen LogP) is 3.07. The van der Waals surface area contributed by atoms with Crippen molar-refractivity contribution in [1.29, 1.82) is 0 Å². The average Bonchev–Trinajstić information content (AvgIpc) is 3.14. The lowest BCUT2D eigenvalue weighted by Crippen LogP contribution is -2.05. The summed E-state index contributed by atoms with van der Waals surface area (Å²) in [7, 11) is 0.